The van der Waals surface area contributed by atoms with Crippen LogP contribution in [0.1, 0.15) is 53.4 Å². The van der Waals surface area contributed by atoms with Gasteiger partial charge in [-0.1, -0.05) is 44.1 Å². The van der Waals surface area contributed by atoms with Gasteiger partial charge in [0.05, 0.1) is 0 Å². The Morgan fingerprint density at radius 3 is 2.73 bits per heavy atom. The summed E-state index contributed by atoms with van der Waals surface area (Å²) in [6.45, 7) is 9.46. The first-order chi connectivity index (χ1) is 6.98. The van der Waals surface area contributed by atoms with Crippen LogP contribution in [0.5, 0.6) is 0 Å². The van der Waals surface area contributed by atoms with Gasteiger partial charge in [-0.15, -0.1) is 0 Å². The van der Waals surface area contributed by atoms with Gasteiger partial charge in [-0.2, -0.15) is 0 Å². The molecule has 2 aliphatic rings. The summed E-state index contributed by atoms with van der Waals surface area (Å²) in [5, 5.41) is 0. The predicted octanol–water partition coefficient (Wildman–Crippen LogP) is 4.73. The van der Waals surface area contributed by atoms with Crippen molar-refractivity contribution in [3.05, 3.63) is 23.3 Å². The molecule has 2 atom stereocenters. The molecule has 0 heterocycles. The Bertz CT molecular complexity index is 304. The Hall–Kier alpha value is -0.520. The first-order valence-electron chi connectivity index (χ1n) is 6.36. The second-order valence-electron chi connectivity index (χ2n) is 6.27. The van der Waals surface area contributed by atoms with Crippen LogP contribution in [0.2, 0.25) is 0 Å². The second kappa shape index (κ2) is 3.81. The van der Waals surface area contributed by atoms with Crippen molar-refractivity contribution in [2.45, 2.75) is 53.4 Å². The van der Waals surface area contributed by atoms with Gasteiger partial charge in [0.1, 0.15) is 0 Å². The van der Waals surface area contributed by atoms with Crippen molar-refractivity contribution >= 4 is 0 Å². The van der Waals surface area contributed by atoms with E-state index in [-0.39, 0.29) is 0 Å². The normalized spacial score (nSPS) is 34.9. The van der Waals surface area contributed by atoms with E-state index in [9.17, 15) is 0 Å². The second-order valence-corrected chi connectivity index (χ2v) is 6.27. The standard InChI is InChI=1S/C15H24/c1-11-7-8-15(3,4)10-14-12(2)5-6-13(14)9-11/h7,10,12-13H,5-6,8-9H2,1-4H3/t12-,13-/m1/s1. The summed E-state index contributed by atoms with van der Waals surface area (Å²) in [4.78, 5) is 0. The van der Waals surface area contributed by atoms with Gasteiger partial charge >= 0.3 is 0 Å². The molecule has 0 saturated heterocycles. The molecular formula is C15H24. The molecule has 15 heavy (non-hydrogen) atoms. The lowest BCUT2D eigenvalue weighted by atomic mass is 9.79. The van der Waals surface area contributed by atoms with E-state index < -0.39 is 0 Å². The number of rotatable bonds is 0. The van der Waals surface area contributed by atoms with Crippen LogP contribution in [0, 0.1) is 17.3 Å². The number of hydrogen-bond donors (Lipinski definition) is 0. The zero-order chi connectivity index (χ0) is 11.1. The molecule has 2 rings (SSSR count). The van der Waals surface area contributed by atoms with Gasteiger partial charge in [-0.3, -0.25) is 0 Å². The van der Waals surface area contributed by atoms with Crippen molar-refractivity contribution in [2.24, 2.45) is 17.3 Å². The molecule has 0 spiro atoms. The number of hydrogen-bond acceptors (Lipinski definition) is 0. The van der Waals surface area contributed by atoms with Crippen molar-refractivity contribution in [3.63, 3.8) is 0 Å². The molecule has 0 unspecified atom stereocenters. The minimum atomic E-state index is 0.369. The average molecular weight is 204 g/mol. The molecule has 0 nitrogen and oxygen atoms in total. The molecular weight excluding hydrogens is 180 g/mol. The summed E-state index contributed by atoms with van der Waals surface area (Å²) in [6, 6.07) is 0. The summed E-state index contributed by atoms with van der Waals surface area (Å²) < 4.78 is 0. The van der Waals surface area contributed by atoms with E-state index in [0.717, 1.165) is 11.8 Å². The maximum Gasteiger partial charge on any atom is -0.0137 e. The molecule has 0 aliphatic heterocycles. The zero-order valence-electron chi connectivity index (χ0n) is 10.6. The van der Waals surface area contributed by atoms with E-state index in [1.807, 2.05) is 0 Å². The van der Waals surface area contributed by atoms with Gasteiger partial charge in [-0.05, 0) is 49.9 Å². The molecule has 0 bridgehead atoms. The highest BCUT2D eigenvalue weighted by Gasteiger charge is 2.30. The first kappa shape index (κ1) is 11.0. The van der Waals surface area contributed by atoms with E-state index in [4.69, 9.17) is 0 Å². The summed E-state index contributed by atoms with van der Waals surface area (Å²) in [5.41, 5.74) is 3.73. The maximum atomic E-state index is 2.58. The third-order valence-electron chi connectivity index (χ3n) is 4.09. The van der Waals surface area contributed by atoms with Crippen LogP contribution in [0.15, 0.2) is 23.3 Å². The van der Waals surface area contributed by atoms with E-state index in [1.165, 1.54) is 25.7 Å². The summed E-state index contributed by atoms with van der Waals surface area (Å²) in [6.07, 6.45) is 10.4. The van der Waals surface area contributed by atoms with Crippen LogP contribution in [0.4, 0.5) is 0 Å². The SMILES string of the molecule is CC1=CCC(C)(C)C=C2[C@H](CC[C@H]2C)C1. The van der Waals surface area contributed by atoms with Crippen molar-refractivity contribution in [2.75, 3.05) is 0 Å². The quantitative estimate of drug-likeness (QED) is 0.501. The van der Waals surface area contributed by atoms with E-state index in [1.54, 1.807) is 11.1 Å². The molecule has 1 fully saturated rings. The molecule has 2 aliphatic carbocycles. The van der Waals surface area contributed by atoms with E-state index in [0.29, 0.717) is 5.41 Å². The van der Waals surface area contributed by atoms with Crippen molar-refractivity contribution in [3.8, 4) is 0 Å². The Balaban J connectivity index is 2.32. The minimum Gasteiger partial charge on any atom is -0.0847 e. The van der Waals surface area contributed by atoms with E-state index in [2.05, 4.69) is 39.8 Å². The Labute approximate surface area is 94.5 Å². The third-order valence-corrected chi connectivity index (χ3v) is 4.09. The molecule has 0 heteroatoms. The topological polar surface area (TPSA) is 0 Å². The first-order valence-corrected chi connectivity index (χ1v) is 6.36. The molecule has 0 N–H and O–H groups in total. The number of fused-ring (bicyclic) bond motifs is 1. The number of allylic oxidation sites excluding steroid dienone is 4. The Kier molecular flexibility index (Phi) is 2.79. The van der Waals surface area contributed by atoms with Crippen LogP contribution in [0.3, 0.4) is 0 Å². The Morgan fingerprint density at radius 2 is 2.00 bits per heavy atom. The largest absolute Gasteiger partial charge is 0.0847 e. The fourth-order valence-corrected chi connectivity index (χ4v) is 3.09. The van der Waals surface area contributed by atoms with Crippen LogP contribution in [-0.4, -0.2) is 0 Å². The highest BCUT2D eigenvalue weighted by Crippen LogP contribution is 2.44. The maximum absolute atomic E-state index is 2.58. The van der Waals surface area contributed by atoms with Gasteiger partial charge in [0.25, 0.3) is 0 Å². The lowest BCUT2D eigenvalue weighted by Gasteiger charge is -2.27. The third kappa shape index (κ3) is 2.35. The van der Waals surface area contributed by atoms with E-state index >= 15 is 0 Å². The van der Waals surface area contributed by atoms with Crippen LogP contribution in [0.25, 0.3) is 0 Å². The lowest BCUT2D eigenvalue weighted by Crippen LogP contribution is -2.13. The summed E-state index contributed by atoms with van der Waals surface area (Å²) >= 11 is 0. The summed E-state index contributed by atoms with van der Waals surface area (Å²) in [7, 11) is 0. The highest BCUT2D eigenvalue weighted by atomic mass is 14.4. The van der Waals surface area contributed by atoms with Crippen molar-refractivity contribution < 1.29 is 0 Å². The molecule has 0 aromatic carbocycles. The Morgan fingerprint density at radius 1 is 1.27 bits per heavy atom. The van der Waals surface area contributed by atoms with Gasteiger partial charge in [0.2, 0.25) is 0 Å². The molecule has 1 saturated carbocycles. The minimum absolute atomic E-state index is 0.369. The predicted molar refractivity (Wildman–Crippen MR) is 66.7 cm³/mol. The van der Waals surface area contributed by atoms with Gasteiger partial charge < -0.3 is 0 Å². The molecule has 0 aromatic heterocycles. The monoisotopic (exact) mass is 204 g/mol. The fourth-order valence-electron chi connectivity index (χ4n) is 3.09. The fraction of sp³-hybridized carbons (Fsp3) is 0.733. The molecule has 84 valence electrons. The highest BCUT2D eigenvalue weighted by molar-refractivity contribution is 5.23. The molecule has 0 amide bonds. The smallest absolute Gasteiger partial charge is 0.0137 e. The van der Waals surface area contributed by atoms with Gasteiger partial charge in [0.15, 0.2) is 0 Å². The average Bonchev–Trinajstić information content (AvgIpc) is 2.44. The van der Waals surface area contributed by atoms with Crippen molar-refractivity contribution in [1.29, 1.82) is 0 Å². The van der Waals surface area contributed by atoms with Gasteiger partial charge in [-0.25, -0.2) is 0 Å². The lowest BCUT2D eigenvalue weighted by molar-refractivity contribution is 0.462. The molecule has 0 aromatic rings. The summed E-state index contributed by atoms with van der Waals surface area (Å²) in [5.74, 6) is 1.69. The zero-order valence-corrected chi connectivity index (χ0v) is 10.6. The van der Waals surface area contributed by atoms with Crippen LogP contribution < -0.4 is 0 Å². The van der Waals surface area contributed by atoms with Crippen LogP contribution in [-0.2, 0) is 0 Å². The van der Waals surface area contributed by atoms with Crippen molar-refractivity contribution in [1.82, 2.24) is 0 Å². The van der Waals surface area contributed by atoms with Gasteiger partial charge in [0, 0.05) is 0 Å². The molecule has 0 radical (unpaired) electrons. The van der Waals surface area contributed by atoms with Crippen LogP contribution >= 0.6 is 0 Å².